The topological polar surface area (TPSA) is 77.6 Å². The minimum absolute atomic E-state index is 0.0662. The largest absolute Gasteiger partial charge is 0.349 e. The molecule has 7 nitrogen and oxygen atoms in total. The lowest BCUT2D eigenvalue weighted by atomic mass is 10.1. The highest BCUT2D eigenvalue weighted by Crippen LogP contribution is 2.25. The van der Waals surface area contributed by atoms with Crippen LogP contribution in [0.3, 0.4) is 0 Å². The van der Waals surface area contributed by atoms with Gasteiger partial charge in [-0.15, -0.1) is 11.3 Å². The van der Waals surface area contributed by atoms with Crippen LogP contribution >= 0.6 is 34.5 Å². The molecule has 0 bridgehead atoms. The Balaban J connectivity index is 1.54. The van der Waals surface area contributed by atoms with E-state index in [2.05, 4.69) is 20.5 Å². The van der Waals surface area contributed by atoms with Crippen molar-refractivity contribution in [1.29, 1.82) is 0 Å². The van der Waals surface area contributed by atoms with Crippen LogP contribution in [0.2, 0.25) is 10.0 Å². The zero-order chi connectivity index (χ0) is 23.1. The molecule has 0 unspecified atom stereocenters. The highest BCUT2D eigenvalue weighted by Gasteiger charge is 2.20. The SMILES string of the molecule is CC(C)N(Cc1nc(C(=O)NCCN2CCCCC2)cs1)C(=O)Nc1ccc(Cl)c(Cl)c1. The molecule has 2 heterocycles. The quantitative estimate of drug-likeness (QED) is 0.531. The molecule has 2 N–H and O–H groups in total. The molecule has 1 aliphatic rings. The van der Waals surface area contributed by atoms with Crippen LogP contribution in [-0.2, 0) is 6.54 Å². The van der Waals surface area contributed by atoms with Crippen molar-refractivity contribution >= 4 is 52.2 Å². The third-order valence-electron chi connectivity index (χ3n) is 5.31. The van der Waals surface area contributed by atoms with Crippen LogP contribution in [0.4, 0.5) is 10.5 Å². The number of anilines is 1. The second-order valence-corrected chi connectivity index (χ2v) is 9.82. The normalized spacial score (nSPS) is 14.4. The molecule has 0 atom stereocenters. The number of rotatable bonds is 8. The van der Waals surface area contributed by atoms with Gasteiger partial charge in [-0.3, -0.25) is 4.79 Å². The molecule has 32 heavy (non-hydrogen) atoms. The fraction of sp³-hybridized carbons (Fsp3) is 0.500. The van der Waals surface area contributed by atoms with Crippen molar-refractivity contribution < 1.29 is 9.59 Å². The summed E-state index contributed by atoms with van der Waals surface area (Å²) in [6, 6.07) is 4.59. The molecule has 3 rings (SSSR count). The molecule has 3 amide bonds. The Labute approximate surface area is 203 Å². The van der Waals surface area contributed by atoms with Crippen molar-refractivity contribution in [2.75, 3.05) is 31.5 Å². The van der Waals surface area contributed by atoms with Gasteiger partial charge in [0.15, 0.2) is 0 Å². The molecule has 0 aliphatic carbocycles. The average Bonchev–Trinajstić information content (AvgIpc) is 3.24. The number of hydrogen-bond acceptors (Lipinski definition) is 5. The molecule has 1 aromatic heterocycles. The average molecular weight is 498 g/mol. The van der Waals surface area contributed by atoms with E-state index >= 15 is 0 Å². The first kappa shape index (κ1) is 24.8. The van der Waals surface area contributed by atoms with Crippen molar-refractivity contribution in [3.05, 3.63) is 44.3 Å². The van der Waals surface area contributed by atoms with E-state index in [1.54, 1.807) is 28.5 Å². The summed E-state index contributed by atoms with van der Waals surface area (Å²) in [5.41, 5.74) is 0.945. The van der Waals surface area contributed by atoms with Gasteiger partial charge in [-0.1, -0.05) is 29.6 Å². The van der Waals surface area contributed by atoms with Crippen LogP contribution in [0.5, 0.6) is 0 Å². The van der Waals surface area contributed by atoms with Crippen molar-refractivity contribution in [1.82, 2.24) is 20.1 Å². The van der Waals surface area contributed by atoms with E-state index < -0.39 is 0 Å². The fourth-order valence-electron chi connectivity index (χ4n) is 3.49. The number of piperidine rings is 1. The number of likely N-dealkylation sites (tertiary alicyclic amines) is 1. The minimum atomic E-state index is -0.277. The third-order valence-corrected chi connectivity index (χ3v) is 6.88. The third kappa shape index (κ3) is 7.07. The second kappa shape index (κ2) is 11.8. The Morgan fingerprint density at radius 1 is 1.19 bits per heavy atom. The predicted octanol–water partition coefficient (Wildman–Crippen LogP) is 5.11. The van der Waals surface area contributed by atoms with Crippen LogP contribution in [-0.4, -0.2) is 58.9 Å². The summed E-state index contributed by atoms with van der Waals surface area (Å²) >= 11 is 13.3. The van der Waals surface area contributed by atoms with Crippen LogP contribution < -0.4 is 10.6 Å². The first-order chi connectivity index (χ1) is 15.3. The van der Waals surface area contributed by atoms with E-state index in [0.717, 1.165) is 19.6 Å². The molecule has 2 aromatic rings. The molecule has 1 aromatic carbocycles. The lowest BCUT2D eigenvalue weighted by Gasteiger charge is -2.26. The number of halogens is 2. The highest BCUT2D eigenvalue weighted by molar-refractivity contribution is 7.09. The van der Waals surface area contributed by atoms with Crippen molar-refractivity contribution in [3.63, 3.8) is 0 Å². The van der Waals surface area contributed by atoms with Gasteiger partial charge in [0.05, 0.1) is 16.6 Å². The van der Waals surface area contributed by atoms with Gasteiger partial charge in [0, 0.05) is 30.2 Å². The number of benzene rings is 1. The molecule has 10 heteroatoms. The van der Waals surface area contributed by atoms with Gasteiger partial charge < -0.3 is 20.4 Å². The molecule has 0 radical (unpaired) electrons. The lowest BCUT2D eigenvalue weighted by molar-refractivity contribution is 0.0942. The molecular formula is C22H29Cl2N5O2S. The van der Waals surface area contributed by atoms with E-state index in [4.69, 9.17) is 23.2 Å². The van der Waals surface area contributed by atoms with E-state index in [-0.39, 0.29) is 18.0 Å². The van der Waals surface area contributed by atoms with E-state index in [1.807, 2.05) is 13.8 Å². The van der Waals surface area contributed by atoms with Gasteiger partial charge in [-0.25, -0.2) is 9.78 Å². The number of amides is 3. The first-order valence-electron chi connectivity index (χ1n) is 10.8. The van der Waals surface area contributed by atoms with Gasteiger partial charge in [-0.05, 0) is 58.0 Å². The number of carbonyl (C=O) groups is 2. The molecular weight excluding hydrogens is 469 g/mol. The summed E-state index contributed by atoms with van der Waals surface area (Å²) < 4.78 is 0. The molecule has 0 spiro atoms. The van der Waals surface area contributed by atoms with Crippen molar-refractivity contribution in [3.8, 4) is 0 Å². The van der Waals surface area contributed by atoms with Gasteiger partial charge in [-0.2, -0.15) is 0 Å². The Bertz CT molecular complexity index is 931. The number of nitrogens with zero attached hydrogens (tertiary/aromatic N) is 3. The number of aromatic nitrogens is 1. The summed E-state index contributed by atoms with van der Waals surface area (Å²) in [5.74, 6) is -0.180. The molecule has 0 saturated carbocycles. The summed E-state index contributed by atoms with van der Waals surface area (Å²) in [7, 11) is 0. The monoisotopic (exact) mass is 497 g/mol. The van der Waals surface area contributed by atoms with Crippen molar-refractivity contribution in [2.24, 2.45) is 0 Å². The molecule has 1 aliphatic heterocycles. The molecule has 1 saturated heterocycles. The number of thiazole rings is 1. The number of carbonyl (C=O) groups excluding carboxylic acids is 2. The standard InChI is InChI=1S/C22H29Cl2N5O2S/c1-15(2)29(22(31)26-16-6-7-17(23)18(24)12-16)13-20-27-19(14-32-20)21(30)25-8-11-28-9-4-3-5-10-28/h6-7,12,14-15H,3-5,8-11,13H2,1-2H3,(H,25,30)(H,26,31). The lowest BCUT2D eigenvalue weighted by Crippen LogP contribution is -2.39. The summed E-state index contributed by atoms with van der Waals surface area (Å²) in [5, 5.41) is 9.02. The maximum absolute atomic E-state index is 12.8. The zero-order valence-corrected chi connectivity index (χ0v) is 20.7. The predicted molar refractivity (Wildman–Crippen MR) is 131 cm³/mol. The smallest absolute Gasteiger partial charge is 0.322 e. The Hall–Kier alpha value is -1.87. The zero-order valence-electron chi connectivity index (χ0n) is 18.4. The molecule has 1 fully saturated rings. The summed E-state index contributed by atoms with van der Waals surface area (Å²) in [4.78, 5) is 33.7. The van der Waals surface area contributed by atoms with E-state index in [0.29, 0.717) is 39.5 Å². The summed E-state index contributed by atoms with van der Waals surface area (Å²) in [6.07, 6.45) is 3.76. The maximum Gasteiger partial charge on any atom is 0.322 e. The number of hydrogen-bond donors (Lipinski definition) is 2. The Morgan fingerprint density at radius 2 is 1.94 bits per heavy atom. The number of nitrogens with one attached hydrogen (secondary N) is 2. The van der Waals surface area contributed by atoms with E-state index in [1.165, 1.54) is 30.6 Å². The van der Waals surface area contributed by atoms with E-state index in [9.17, 15) is 9.59 Å². The fourth-order valence-corrected chi connectivity index (χ4v) is 4.56. The highest BCUT2D eigenvalue weighted by atomic mass is 35.5. The summed E-state index contributed by atoms with van der Waals surface area (Å²) in [6.45, 7) is 7.83. The van der Waals surface area contributed by atoms with Crippen molar-refractivity contribution in [2.45, 2.75) is 45.7 Å². The Morgan fingerprint density at radius 3 is 2.62 bits per heavy atom. The van der Waals surface area contributed by atoms with Crippen LogP contribution in [0.25, 0.3) is 0 Å². The second-order valence-electron chi connectivity index (χ2n) is 8.07. The number of urea groups is 1. The van der Waals surface area contributed by atoms with Gasteiger partial charge in [0.2, 0.25) is 0 Å². The molecule has 174 valence electrons. The van der Waals surface area contributed by atoms with Gasteiger partial charge >= 0.3 is 6.03 Å². The van der Waals surface area contributed by atoms with Crippen LogP contribution in [0, 0.1) is 0 Å². The minimum Gasteiger partial charge on any atom is -0.349 e. The van der Waals surface area contributed by atoms with Crippen LogP contribution in [0.1, 0.15) is 48.6 Å². The van der Waals surface area contributed by atoms with Crippen LogP contribution in [0.15, 0.2) is 23.6 Å². The van der Waals surface area contributed by atoms with Gasteiger partial charge in [0.25, 0.3) is 5.91 Å². The maximum atomic E-state index is 12.8. The Kier molecular flexibility index (Phi) is 9.16. The van der Waals surface area contributed by atoms with Gasteiger partial charge in [0.1, 0.15) is 10.7 Å². The first-order valence-corrected chi connectivity index (χ1v) is 12.4.